The number of carboxylic acid groups (broad SMARTS) is 1. The van der Waals surface area contributed by atoms with E-state index in [4.69, 9.17) is 4.74 Å². The Hall–Kier alpha value is -2.55. The smallest absolute Gasteiger partial charge is 0.303 e. The molecule has 0 heterocycles. The minimum Gasteiger partial charge on any atom is -0.489 e. The summed E-state index contributed by atoms with van der Waals surface area (Å²) in [5, 5.41) is 9.57. The van der Waals surface area contributed by atoms with E-state index in [0.717, 1.165) is 31.4 Å². The second-order valence-corrected chi connectivity index (χ2v) is 10.8. The fourth-order valence-corrected chi connectivity index (χ4v) is 7.80. The van der Waals surface area contributed by atoms with Crippen LogP contribution in [0.25, 0.3) is 0 Å². The number of rotatable bonds is 7. The summed E-state index contributed by atoms with van der Waals surface area (Å²) < 4.78 is 6.11. The van der Waals surface area contributed by atoms with Gasteiger partial charge in [-0.15, -0.1) is 6.58 Å². The van der Waals surface area contributed by atoms with Crippen molar-refractivity contribution in [2.45, 2.75) is 64.4 Å². The molecule has 0 bridgehead atoms. The summed E-state index contributed by atoms with van der Waals surface area (Å²) >= 11 is 0. The van der Waals surface area contributed by atoms with Crippen molar-refractivity contribution in [3.63, 3.8) is 0 Å². The van der Waals surface area contributed by atoms with Gasteiger partial charge < -0.3 is 9.84 Å². The number of carboxylic acids is 1. The minimum absolute atomic E-state index is 0.142. The highest BCUT2D eigenvalue weighted by Gasteiger charge is 2.58. The van der Waals surface area contributed by atoms with Gasteiger partial charge in [-0.2, -0.15) is 0 Å². The molecular formula is C30H36O3. The van der Waals surface area contributed by atoms with Crippen molar-refractivity contribution in [2.75, 3.05) is 0 Å². The Balaban J connectivity index is 1.37. The Morgan fingerprint density at radius 2 is 2.03 bits per heavy atom. The van der Waals surface area contributed by atoms with E-state index in [9.17, 15) is 9.90 Å². The Labute approximate surface area is 197 Å². The van der Waals surface area contributed by atoms with Gasteiger partial charge in [-0.25, -0.2) is 0 Å². The third kappa shape index (κ3) is 4.11. The zero-order valence-electron chi connectivity index (χ0n) is 19.7. The molecule has 0 aromatic heterocycles. The topological polar surface area (TPSA) is 46.5 Å². The van der Waals surface area contributed by atoms with Gasteiger partial charge in [0.2, 0.25) is 0 Å². The standard InChI is InChI=1S/C30H36O3/c1-3-7-22-16-23(18-28(31)32)30(2)15-14-26-25-13-11-24(33-19-20-8-5-4-6-9-20)17-21(25)10-12-27(26)29(22)30/h3-6,8-9,11,13,17,22-23,26-27,29H,1,7,10,12,14-16,18-19H2,2H3,(H,31,32)/t22-,23+,26?,27?,29?,30+/m0/s1. The van der Waals surface area contributed by atoms with Gasteiger partial charge in [-0.1, -0.05) is 49.4 Å². The summed E-state index contributed by atoms with van der Waals surface area (Å²) in [6, 6.07) is 17.1. The Morgan fingerprint density at radius 1 is 1.21 bits per heavy atom. The maximum Gasteiger partial charge on any atom is 0.303 e. The van der Waals surface area contributed by atoms with Crippen molar-refractivity contribution in [3.05, 3.63) is 77.9 Å². The summed E-state index contributed by atoms with van der Waals surface area (Å²) in [6.07, 6.45) is 9.04. The molecule has 2 saturated carbocycles. The van der Waals surface area contributed by atoms with Crippen molar-refractivity contribution in [1.29, 1.82) is 0 Å². The van der Waals surface area contributed by atoms with Gasteiger partial charge in [-0.05, 0) is 102 Å². The number of allylic oxidation sites excluding steroid dienone is 1. The maximum absolute atomic E-state index is 11.6. The Bertz CT molecular complexity index is 1010. The van der Waals surface area contributed by atoms with E-state index >= 15 is 0 Å². The van der Waals surface area contributed by atoms with Crippen molar-refractivity contribution >= 4 is 5.97 Å². The summed E-state index contributed by atoms with van der Waals surface area (Å²) in [6.45, 7) is 7.03. The molecule has 3 heteroatoms. The number of carbonyl (C=O) groups is 1. The zero-order chi connectivity index (χ0) is 23.0. The first kappa shape index (κ1) is 22.3. The van der Waals surface area contributed by atoms with E-state index in [2.05, 4.69) is 49.9 Å². The van der Waals surface area contributed by atoms with Crippen LogP contribution in [0.2, 0.25) is 0 Å². The predicted octanol–water partition coefficient (Wildman–Crippen LogP) is 7.01. The number of hydrogen-bond donors (Lipinski definition) is 1. The number of aliphatic carboxylic acids is 1. The molecule has 6 atom stereocenters. The normalized spacial score (nSPS) is 32.3. The van der Waals surface area contributed by atoms with Crippen molar-refractivity contribution in [3.8, 4) is 5.75 Å². The van der Waals surface area contributed by atoms with E-state index < -0.39 is 5.97 Å². The number of ether oxygens (including phenoxy) is 1. The molecule has 3 aliphatic rings. The molecule has 3 nitrogen and oxygen atoms in total. The van der Waals surface area contributed by atoms with Crippen LogP contribution >= 0.6 is 0 Å². The lowest BCUT2D eigenvalue weighted by atomic mass is 9.52. The van der Waals surface area contributed by atoms with Crippen molar-refractivity contribution in [2.24, 2.45) is 29.1 Å². The van der Waals surface area contributed by atoms with Crippen molar-refractivity contribution < 1.29 is 14.6 Å². The molecule has 1 N–H and O–H groups in total. The van der Waals surface area contributed by atoms with E-state index in [1.165, 1.54) is 29.5 Å². The SMILES string of the molecule is C=CC[C@H]1C[C@H](CC(=O)O)[C@@]2(C)CCC3c4ccc(OCc5ccccc5)cc4CCC3C12. The molecule has 0 aliphatic heterocycles. The van der Waals surface area contributed by atoms with Crippen LogP contribution in [0.4, 0.5) is 0 Å². The van der Waals surface area contributed by atoms with E-state index in [1.807, 2.05) is 18.2 Å². The largest absolute Gasteiger partial charge is 0.489 e. The lowest BCUT2D eigenvalue weighted by molar-refractivity contribution is -0.139. The van der Waals surface area contributed by atoms with Crippen LogP contribution in [0, 0.1) is 29.1 Å². The molecule has 174 valence electrons. The van der Waals surface area contributed by atoms with Gasteiger partial charge in [0.05, 0.1) is 0 Å². The summed E-state index contributed by atoms with van der Waals surface area (Å²) in [5.74, 6) is 3.02. The highest BCUT2D eigenvalue weighted by Crippen LogP contribution is 2.66. The zero-order valence-corrected chi connectivity index (χ0v) is 19.7. The molecule has 2 aromatic carbocycles. The molecule has 5 rings (SSSR count). The van der Waals surface area contributed by atoms with Gasteiger partial charge in [0.15, 0.2) is 0 Å². The molecule has 0 spiro atoms. The first-order valence-electron chi connectivity index (χ1n) is 12.6. The summed E-state index contributed by atoms with van der Waals surface area (Å²) in [7, 11) is 0. The maximum atomic E-state index is 11.6. The average molecular weight is 445 g/mol. The third-order valence-electron chi connectivity index (χ3n) is 9.16. The molecule has 2 fully saturated rings. The fraction of sp³-hybridized carbons (Fsp3) is 0.500. The Morgan fingerprint density at radius 3 is 2.79 bits per heavy atom. The lowest BCUT2D eigenvalue weighted by Crippen LogP contribution is -2.44. The predicted molar refractivity (Wildman–Crippen MR) is 131 cm³/mol. The average Bonchev–Trinajstić information content (AvgIpc) is 3.09. The van der Waals surface area contributed by atoms with Gasteiger partial charge in [0.25, 0.3) is 0 Å². The van der Waals surface area contributed by atoms with Crippen LogP contribution < -0.4 is 4.74 Å². The van der Waals surface area contributed by atoms with Crippen LogP contribution in [0.15, 0.2) is 61.2 Å². The third-order valence-corrected chi connectivity index (χ3v) is 9.16. The van der Waals surface area contributed by atoms with Crippen LogP contribution in [-0.2, 0) is 17.8 Å². The Kier molecular flexibility index (Phi) is 6.07. The summed E-state index contributed by atoms with van der Waals surface area (Å²) in [4.78, 5) is 11.6. The molecule has 3 aliphatic carbocycles. The van der Waals surface area contributed by atoms with Gasteiger partial charge in [-0.3, -0.25) is 4.79 Å². The van der Waals surface area contributed by atoms with Crippen LogP contribution in [0.1, 0.15) is 68.1 Å². The highest BCUT2D eigenvalue weighted by atomic mass is 16.5. The second-order valence-electron chi connectivity index (χ2n) is 10.8. The fourth-order valence-electron chi connectivity index (χ4n) is 7.80. The van der Waals surface area contributed by atoms with Gasteiger partial charge in [0.1, 0.15) is 12.4 Å². The molecular weight excluding hydrogens is 408 g/mol. The highest BCUT2D eigenvalue weighted by molar-refractivity contribution is 5.67. The first-order chi connectivity index (χ1) is 16.0. The molecule has 2 aromatic rings. The number of hydrogen-bond acceptors (Lipinski definition) is 2. The monoisotopic (exact) mass is 444 g/mol. The number of benzene rings is 2. The number of aryl methyl sites for hydroxylation is 1. The summed E-state index contributed by atoms with van der Waals surface area (Å²) in [5.41, 5.74) is 4.29. The van der Waals surface area contributed by atoms with E-state index in [0.29, 0.717) is 42.6 Å². The minimum atomic E-state index is -0.640. The molecule has 0 saturated heterocycles. The molecule has 3 unspecified atom stereocenters. The van der Waals surface area contributed by atoms with Crippen LogP contribution in [0.5, 0.6) is 5.75 Å². The second kappa shape index (κ2) is 9.00. The number of fused-ring (bicyclic) bond motifs is 5. The molecule has 33 heavy (non-hydrogen) atoms. The van der Waals surface area contributed by atoms with E-state index in [-0.39, 0.29) is 5.41 Å². The van der Waals surface area contributed by atoms with Gasteiger partial charge >= 0.3 is 5.97 Å². The van der Waals surface area contributed by atoms with E-state index in [1.54, 1.807) is 0 Å². The van der Waals surface area contributed by atoms with Crippen LogP contribution in [0.3, 0.4) is 0 Å². The lowest BCUT2D eigenvalue weighted by Gasteiger charge is -2.52. The molecule has 0 radical (unpaired) electrons. The van der Waals surface area contributed by atoms with Crippen LogP contribution in [-0.4, -0.2) is 11.1 Å². The molecule has 0 amide bonds. The van der Waals surface area contributed by atoms with Crippen molar-refractivity contribution in [1.82, 2.24) is 0 Å². The van der Waals surface area contributed by atoms with Gasteiger partial charge in [0, 0.05) is 6.42 Å². The first-order valence-corrected chi connectivity index (χ1v) is 12.6. The quantitative estimate of drug-likeness (QED) is 0.467.